The molecule has 0 unspecified atom stereocenters. The summed E-state index contributed by atoms with van der Waals surface area (Å²) in [6, 6.07) is 46.5. The van der Waals surface area contributed by atoms with Crippen molar-refractivity contribution < 1.29 is 4.74 Å². The van der Waals surface area contributed by atoms with Crippen molar-refractivity contribution in [1.29, 1.82) is 0 Å². The molecule has 0 fully saturated rings. The molecular weight excluding hydrogens is 708 g/mol. The molecule has 2 nitrogen and oxygen atoms in total. The van der Waals surface area contributed by atoms with Crippen LogP contribution < -0.4 is 45.3 Å². The molecule has 0 radical (unpaired) electrons. The van der Waals surface area contributed by atoms with E-state index in [0.717, 1.165) is 30.0 Å². The van der Waals surface area contributed by atoms with Crippen LogP contribution in [-0.4, -0.2) is 29.7 Å². The average Bonchev–Trinajstić information content (AvgIpc) is 3.54. The predicted molar refractivity (Wildman–Crippen MR) is 219 cm³/mol. The van der Waals surface area contributed by atoms with Crippen molar-refractivity contribution in [3.8, 4) is 16.9 Å². The van der Waals surface area contributed by atoms with Gasteiger partial charge in [-0.15, -0.1) is 0 Å². The Morgan fingerprint density at radius 1 is 0.720 bits per heavy atom. The normalized spacial score (nSPS) is 16.8. The summed E-state index contributed by atoms with van der Waals surface area (Å²) in [7, 11) is -1.93. The van der Waals surface area contributed by atoms with Gasteiger partial charge in [0.25, 0.3) is 0 Å². The van der Waals surface area contributed by atoms with Crippen LogP contribution in [0.4, 0.5) is 11.4 Å². The van der Waals surface area contributed by atoms with Crippen LogP contribution in [0.3, 0.4) is 0 Å². The number of fused-ring (bicyclic) bond motifs is 8. The fourth-order valence-electron chi connectivity index (χ4n) is 9.23. The Kier molecular flexibility index (Phi) is 6.38. The minimum absolute atomic E-state index is 0.227. The van der Waals surface area contributed by atoms with Gasteiger partial charge in [0.15, 0.2) is 0 Å². The van der Waals surface area contributed by atoms with Crippen LogP contribution in [0.25, 0.3) is 31.3 Å². The van der Waals surface area contributed by atoms with Gasteiger partial charge < -0.3 is 0 Å². The minimum atomic E-state index is -1.93. The van der Waals surface area contributed by atoms with E-state index in [1.165, 1.54) is 70.9 Å². The molecule has 0 saturated carbocycles. The van der Waals surface area contributed by atoms with Crippen LogP contribution in [-0.2, 0) is 0 Å². The monoisotopic (exact) mass is 743 g/mol. The molecule has 1 aromatic heterocycles. The molecule has 0 atom stereocenters. The average molecular weight is 743 g/mol. The molecule has 0 spiro atoms. The standard InChI is InChI=1S/C44H34BNOSSeSi/c1-50(2)41-24-21-27(29-12-9-13-31-30-11-3-8-18-38(30)48-44(29)31)25-33(41)45-32-23-22-28(26-40(32)49-39-19-10-20-42(50)43(39)45)46-34-14-4-6-16-36(34)47-37-17-7-5-15-35(37)46/h3-4,6,8-14,16,18-26H,5,7,15,17H2,1-2H3. The zero-order valence-electron chi connectivity index (χ0n) is 28.1. The van der Waals surface area contributed by atoms with Crippen LogP contribution in [0, 0.1) is 0 Å². The fraction of sp³-hybridized carbons (Fsp3) is 0.136. The van der Waals surface area contributed by atoms with Gasteiger partial charge in [0.1, 0.15) is 0 Å². The third-order valence-corrected chi connectivity index (χ3v) is 18.8. The predicted octanol–water partition coefficient (Wildman–Crippen LogP) is 6.66. The van der Waals surface area contributed by atoms with Crippen molar-refractivity contribution >= 4 is 108 Å². The number of thiophene rings is 1. The van der Waals surface area contributed by atoms with Crippen molar-refractivity contribution in [1.82, 2.24) is 0 Å². The van der Waals surface area contributed by atoms with Gasteiger partial charge >= 0.3 is 306 Å². The first-order valence-corrected chi connectivity index (χ1v) is 23.4. The van der Waals surface area contributed by atoms with E-state index in [1.807, 2.05) is 11.3 Å². The Labute approximate surface area is 304 Å². The molecule has 0 saturated heterocycles. The molecule has 0 bridgehead atoms. The number of nitrogens with zero attached hydrogens (tertiary/aromatic N) is 1. The number of hydrogen-bond acceptors (Lipinski definition) is 3. The van der Waals surface area contributed by atoms with Gasteiger partial charge in [-0.25, -0.2) is 0 Å². The molecule has 3 aliphatic heterocycles. The molecule has 0 amide bonds. The molecular formula is C44H34BNOSSeSi. The topological polar surface area (TPSA) is 12.5 Å². The molecule has 6 heteroatoms. The Morgan fingerprint density at radius 2 is 1.56 bits per heavy atom. The number of allylic oxidation sites excluding steroid dienone is 2. The summed E-state index contributed by atoms with van der Waals surface area (Å²) in [6.07, 6.45) is 4.48. The van der Waals surface area contributed by atoms with E-state index in [2.05, 4.69) is 139 Å². The van der Waals surface area contributed by atoms with Crippen molar-refractivity contribution in [3.05, 3.63) is 133 Å². The van der Waals surface area contributed by atoms with Crippen LogP contribution in [0.15, 0.2) is 133 Å². The molecule has 11 rings (SSSR count). The molecule has 6 aromatic carbocycles. The van der Waals surface area contributed by atoms with Crippen molar-refractivity contribution in [3.63, 3.8) is 0 Å². The summed E-state index contributed by atoms with van der Waals surface area (Å²) in [5, 5.41) is 5.94. The van der Waals surface area contributed by atoms with E-state index < -0.39 is 8.07 Å². The van der Waals surface area contributed by atoms with Crippen LogP contribution in [0.1, 0.15) is 25.7 Å². The Morgan fingerprint density at radius 3 is 2.52 bits per heavy atom. The summed E-state index contributed by atoms with van der Waals surface area (Å²) in [6.45, 7) is 5.39. The first-order valence-electron chi connectivity index (χ1n) is 17.8. The van der Waals surface area contributed by atoms with E-state index in [0.29, 0.717) is 0 Å². The molecule has 0 N–H and O–H groups in total. The van der Waals surface area contributed by atoms with Gasteiger partial charge in [0, 0.05) is 0 Å². The number of ether oxygens (including phenoxy) is 1. The van der Waals surface area contributed by atoms with Gasteiger partial charge in [-0.1, -0.05) is 0 Å². The van der Waals surface area contributed by atoms with Gasteiger partial charge in [-0.05, 0) is 0 Å². The SMILES string of the molecule is C[Si]1(C)c2ccc(-c3cccc4c3sc3ccccc34)cc2B2c3ccc(N4C5=C(CCCC5)Oc5ccccc54)cc3[Se]c3cccc1c32. The first-order chi connectivity index (χ1) is 24.5. The van der Waals surface area contributed by atoms with Crippen molar-refractivity contribution in [2.75, 3.05) is 4.90 Å². The molecule has 1 aliphatic carbocycles. The number of para-hydroxylation sites is 2. The second kappa shape index (κ2) is 10.8. The van der Waals surface area contributed by atoms with Gasteiger partial charge in [0.05, 0.1) is 0 Å². The molecule has 4 heterocycles. The Hall–Kier alpha value is -4.32. The van der Waals surface area contributed by atoms with E-state index in [1.54, 1.807) is 20.3 Å². The van der Waals surface area contributed by atoms with Crippen LogP contribution in [0.2, 0.25) is 13.1 Å². The molecule has 50 heavy (non-hydrogen) atoms. The summed E-state index contributed by atoms with van der Waals surface area (Å²) >= 11 is 2.16. The molecule has 240 valence electrons. The first kappa shape index (κ1) is 29.4. The van der Waals surface area contributed by atoms with E-state index in [-0.39, 0.29) is 21.7 Å². The van der Waals surface area contributed by atoms with E-state index >= 15 is 0 Å². The van der Waals surface area contributed by atoms with Crippen LogP contribution >= 0.6 is 11.3 Å². The summed E-state index contributed by atoms with van der Waals surface area (Å²) < 4.78 is 12.3. The number of benzene rings is 6. The van der Waals surface area contributed by atoms with E-state index in [4.69, 9.17) is 4.74 Å². The van der Waals surface area contributed by atoms with Crippen LogP contribution in [0.5, 0.6) is 5.75 Å². The Bertz CT molecular complexity index is 2620. The van der Waals surface area contributed by atoms with Crippen molar-refractivity contribution in [2.24, 2.45) is 0 Å². The van der Waals surface area contributed by atoms with Gasteiger partial charge in [-0.3, -0.25) is 0 Å². The van der Waals surface area contributed by atoms with Gasteiger partial charge in [0.2, 0.25) is 0 Å². The molecule has 4 aliphatic rings. The maximum atomic E-state index is 6.50. The maximum absolute atomic E-state index is 6.50. The van der Waals surface area contributed by atoms with Gasteiger partial charge in [-0.2, -0.15) is 0 Å². The number of anilines is 2. The molecule has 7 aromatic rings. The third kappa shape index (κ3) is 4.14. The van der Waals surface area contributed by atoms with Crippen molar-refractivity contribution in [2.45, 2.75) is 38.8 Å². The fourth-order valence-corrected chi connectivity index (χ4v) is 16.4. The Balaban J connectivity index is 1.10. The number of hydrogen-bond donors (Lipinski definition) is 0. The zero-order chi connectivity index (χ0) is 33.1. The zero-order valence-corrected chi connectivity index (χ0v) is 31.7. The third-order valence-electron chi connectivity index (χ3n) is 11.6. The summed E-state index contributed by atoms with van der Waals surface area (Å²) in [5.41, 5.74) is 11.1. The second-order valence-corrected chi connectivity index (χ2v) is 22.3. The number of rotatable bonds is 2. The quantitative estimate of drug-likeness (QED) is 0.184. The second-order valence-electron chi connectivity index (χ2n) is 14.7. The summed E-state index contributed by atoms with van der Waals surface area (Å²) in [4.78, 5) is 2.52. The summed E-state index contributed by atoms with van der Waals surface area (Å²) in [5.74, 6) is 2.13. The van der Waals surface area contributed by atoms with E-state index in [9.17, 15) is 0 Å².